The van der Waals surface area contributed by atoms with E-state index in [1.54, 1.807) is 0 Å². The Morgan fingerprint density at radius 3 is 2.67 bits per heavy atom. The van der Waals surface area contributed by atoms with Crippen molar-refractivity contribution in [1.82, 2.24) is 10.2 Å². The number of likely N-dealkylation sites (tertiary alicyclic amines) is 1. The van der Waals surface area contributed by atoms with E-state index in [0.29, 0.717) is 0 Å². The summed E-state index contributed by atoms with van der Waals surface area (Å²) in [5.41, 5.74) is 0. The molecule has 1 aliphatic carbocycles. The standard InChI is InChI=1S/C13H26N2/c1-14-8-4-2-3-5-9-15-11-12-6-7-13(15)10-12/h12-14H,2-11H2,1H3. The molecule has 2 aliphatic rings. The summed E-state index contributed by atoms with van der Waals surface area (Å²) in [5, 5.41) is 3.21. The fraction of sp³-hybridized carbons (Fsp3) is 1.00. The molecule has 2 unspecified atom stereocenters. The third-order valence-corrected chi connectivity index (χ3v) is 4.14. The van der Waals surface area contributed by atoms with Crippen molar-refractivity contribution in [2.75, 3.05) is 26.7 Å². The molecule has 1 saturated carbocycles. The number of unbranched alkanes of at least 4 members (excludes halogenated alkanes) is 3. The number of piperidine rings is 1. The lowest BCUT2D eigenvalue weighted by molar-refractivity contribution is 0.209. The van der Waals surface area contributed by atoms with Crippen molar-refractivity contribution in [3.8, 4) is 0 Å². The highest BCUT2D eigenvalue weighted by molar-refractivity contribution is 4.91. The highest BCUT2D eigenvalue weighted by Gasteiger charge is 2.36. The molecular formula is C13H26N2. The molecule has 0 aromatic heterocycles. The van der Waals surface area contributed by atoms with Gasteiger partial charge in [0.05, 0.1) is 0 Å². The number of fused-ring (bicyclic) bond motifs is 2. The Morgan fingerprint density at radius 1 is 1.13 bits per heavy atom. The van der Waals surface area contributed by atoms with E-state index in [1.165, 1.54) is 64.6 Å². The molecule has 1 aliphatic heterocycles. The quantitative estimate of drug-likeness (QED) is 0.648. The maximum atomic E-state index is 3.21. The van der Waals surface area contributed by atoms with Gasteiger partial charge in [-0.1, -0.05) is 12.8 Å². The van der Waals surface area contributed by atoms with Gasteiger partial charge in [-0.15, -0.1) is 0 Å². The van der Waals surface area contributed by atoms with Gasteiger partial charge in [-0.05, 0) is 58.2 Å². The zero-order valence-corrected chi connectivity index (χ0v) is 10.2. The average Bonchev–Trinajstić information content (AvgIpc) is 2.85. The topological polar surface area (TPSA) is 15.3 Å². The van der Waals surface area contributed by atoms with Gasteiger partial charge in [0.1, 0.15) is 0 Å². The van der Waals surface area contributed by atoms with E-state index in [-0.39, 0.29) is 0 Å². The van der Waals surface area contributed by atoms with Gasteiger partial charge in [-0.3, -0.25) is 0 Å². The van der Waals surface area contributed by atoms with E-state index in [9.17, 15) is 0 Å². The highest BCUT2D eigenvalue weighted by Crippen LogP contribution is 2.37. The van der Waals surface area contributed by atoms with Gasteiger partial charge in [0.2, 0.25) is 0 Å². The molecule has 88 valence electrons. The summed E-state index contributed by atoms with van der Waals surface area (Å²) in [6, 6.07) is 0.979. The van der Waals surface area contributed by atoms with Crippen LogP contribution >= 0.6 is 0 Å². The maximum absolute atomic E-state index is 3.21. The van der Waals surface area contributed by atoms with Gasteiger partial charge in [0, 0.05) is 12.6 Å². The van der Waals surface area contributed by atoms with Crippen molar-refractivity contribution in [2.45, 2.75) is 51.0 Å². The van der Waals surface area contributed by atoms with Crippen LogP contribution in [-0.4, -0.2) is 37.6 Å². The molecule has 1 heterocycles. The van der Waals surface area contributed by atoms with Crippen molar-refractivity contribution < 1.29 is 0 Å². The minimum Gasteiger partial charge on any atom is -0.320 e. The molecular weight excluding hydrogens is 184 g/mol. The van der Waals surface area contributed by atoms with Gasteiger partial charge in [-0.2, -0.15) is 0 Å². The van der Waals surface area contributed by atoms with Crippen LogP contribution < -0.4 is 5.32 Å². The zero-order valence-electron chi connectivity index (χ0n) is 10.2. The Morgan fingerprint density at radius 2 is 2.00 bits per heavy atom. The maximum Gasteiger partial charge on any atom is 0.00985 e. The molecule has 1 saturated heterocycles. The minimum absolute atomic E-state index is 0.979. The molecule has 2 bridgehead atoms. The Hall–Kier alpha value is -0.0800. The van der Waals surface area contributed by atoms with E-state index >= 15 is 0 Å². The largest absolute Gasteiger partial charge is 0.320 e. The van der Waals surface area contributed by atoms with Crippen molar-refractivity contribution >= 4 is 0 Å². The molecule has 2 nitrogen and oxygen atoms in total. The zero-order chi connectivity index (χ0) is 10.5. The SMILES string of the molecule is CNCCCCCCN1CC2CCC1C2. The fourth-order valence-corrected chi connectivity index (χ4v) is 3.27. The molecule has 2 heteroatoms. The molecule has 2 rings (SSSR count). The summed E-state index contributed by atoms with van der Waals surface area (Å²) in [5.74, 6) is 1.07. The number of hydrogen-bond donors (Lipinski definition) is 1. The van der Waals surface area contributed by atoms with Crippen LogP contribution in [0.4, 0.5) is 0 Å². The van der Waals surface area contributed by atoms with E-state index in [4.69, 9.17) is 0 Å². The van der Waals surface area contributed by atoms with Gasteiger partial charge in [-0.25, -0.2) is 0 Å². The number of hydrogen-bond acceptors (Lipinski definition) is 2. The minimum atomic E-state index is 0.979. The highest BCUT2D eigenvalue weighted by atomic mass is 15.2. The Labute approximate surface area is 94.4 Å². The summed E-state index contributed by atoms with van der Waals surface area (Å²) in [6.07, 6.45) is 10.1. The molecule has 0 aromatic rings. The van der Waals surface area contributed by atoms with Gasteiger partial charge in [0.25, 0.3) is 0 Å². The summed E-state index contributed by atoms with van der Waals surface area (Å²) >= 11 is 0. The number of rotatable bonds is 7. The van der Waals surface area contributed by atoms with Gasteiger partial charge in [0.15, 0.2) is 0 Å². The van der Waals surface area contributed by atoms with Crippen molar-refractivity contribution in [1.29, 1.82) is 0 Å². The molecule has 1 N–H and O–H groups in total. The van der Waals surface area contributed by atoms with E-state index < -0.39 is 0 Å². The molecule has 0 amide bonds. The Kier molecular flexibility index (Phi) is 4.45. The van der Waals surface area contributed by atoms with Crippen LogP contribution in [0.2, 0.25) is 0 Å². The first kappa shape index (κ1) is 11.4. The average molecular weight is 210 g/mol. The monoisotopic (exact) mass is 210 g/mol. The molecule has 15 heavy (non-hydrogen) atoms. The second-order valence-electron chi connectivity index (χ2n) is 5.35. The molecule has 0 aromatic carbocycles. The first-order valence-electron chi connectivity index (χ1n) is 6.79. The predicted molar refractivity (Wildman–Crippen MR) is 65.1 cm³/mol. The Balaban J connectivity index is 1.48. The molecule has 0 radical (unpaired) electrons. The van der Waals surface area contributed by atoms with Crippen LogP contribution in [0.5, 0.6) is 0 Å². The van der Waals surface area contributed by atoms with Gasteiger partial charge < -0.3 is 10.2 Å². The lowest BCUT2D eigenvalue weighted by Crippen LogP contribution is -2.32. The lowest BCUT2D eigenvalue weighted by atomic mass is 10.1. The number of nitrogens with one attached hydrogen (secondary N) is 1. The van der Waals surface area contributed by atoms with Crippen LogP contribution in [0.3, 0.4) is 0 Å². The fourth-order valence-electron chi connectivity index (χ4n) is 3.27. The van der Waals surface area contributed by atoms with Crippen molar-refractivity contribution in [3.63, 3.8) is 0 Å². The van der Waals surface area contributed by atoms with Crippen LogP contribution in [0.15, 0.2) is 0 Å². The third kappa shape index (κ3) is 3.18. The Bertz CT molecular complexity index is 181. The van der Waals surface area contributed by atoms with E-state index in [2.05, 4.69) is 10.2 Å². The first-order valence-corrected chi connectivity index (χ1v) is 6.79. The second kappa shape index (κ2) is 5.86. The van der Waals surface area contributed by atoms with Crippen LogP contribution in [0.1, 0.15) is 44.9 Å². The number of nitrogens with zero attached hydrogens (tertiary/aromatic N) is 1. The molecule has 2 atom stereocenters. The smallest absolute Gasteiger partial charge is 0.00985 e. The van der Waals surface area contributed by atoms with Crippen molar-refractivity contribution in [2.24, 2.45) is 5.92 Å². The molecule has 2 fully saturated rings. The van der Waals surface area contributed by atoms with Crippen LogP contribution in [-0.2, 0) is 0 Å². The molecule has 0 spiro atoms. The van der Waals surface area contributed by atoms with Crippen LogP contribution in [0.25, 0.3) is 0 Å². The third-order valence-electron chi connectivity index (χ3n) is 4.14. The summed E-state index contributed by atoms with van der Waals surface area (Å²) in [4.78, 5) is 2.76. The normalized spacial score (nSPS) is 30.2. The lowest BCUT2D eigenvalue weighted by Gasteiger charge is -2.26. The predicted octanol–water partition coefficient (Wildman–Crippen LogP) is 2.25. The van der Waals surface area contributed by atoms with Crippen molar-refractivity contribution in [3.05, 3.63) is 0 Å². The van der Waals surface area contributed by atoms with E-state index in [0.717, 1.165) is 12.0 Å². The summed E-state index contributed by atoms with van der Waals surface area (Å²) < 4.78 is 0. The summed E-state index contributed by atoms with van der Waals surface area (Å²) in [6.45, 7) is 3.98. The first-order chi connectivity index (χ1) is 7.40. The van der Waals surface area contributed by atoms with Crippen LogP contribution in [0, 0.1) is 5.92 Å². The summed E-state index contributed by atoms with van der Waals surface area (Å²) in [7, 11) is 2.04. The second-order valence-corrected chi connectivity index (χ2v) is 5.35. The van der Waals surface area contributed by atoms with E-state index in [1.807, 2.05) is 7.05 Å². The van der Waals surface area contributed by atoms with Gasteiger partial charge >= 0.3 is 0 Å².